The zero-order valence-electron chi connectivity index (χ0n) is 12.5. The zero-order chi connectivity index (χ0) is 16.3. The van der Waals surface area contributed by atoms with Crippen LogP contribution in [0.3, 0.4) is 0 Å². The number of aryl methyl sites for hydroxylation is 1. The average molecular weight is 325 g/mol. The second kappa shape index (κ2) is 6.18. The number of nitrogens with zero attached hydrogens (tertiary/aromatic N) is 2. The molecule has 0 unspecified atom stereocenters. The van der Waals surface area contributed by atoms with E-state index in [0.29, 0.717) is 0 Å². The van der Waals surface area contributed by atoms with Crippen molar-refractivity contribution in [2.45, 2.75) is 11.8 Å². The minimum Gasteiger partial charge on any atom is -0.256 e. The van der Waals surface area contributed by atoms with E-state index in [2.05, 4.69) is 14.9 Å². The molecule has 1 heterocycles. The number of rotatable bonds is 4. The van der Waals surface area contributed by atoms with Gasteiger partial charge in [-0.25, -0.2) is 4.83 Å². The van der Waals surface area contributed by atoms with Gasteiger partial charge in [0.25, 0.3) is 10.0 Å². The number of fused-ring (bicyclic) bond motifs is 1. The number of nitrogens with one attached hydrogen (secondary N) is 1. The van der Waals surface area contributed by atoms with Crippen LogP contribution < -0.4 is 4.83 Å². The number of aromatic nitrogens is 1. The summed E-state index contributed by atoms with van der Waals surface area (Å²) in [7, 11) is -3.67. The lowest BCUT2D eigenvalue weighted by atomic mass is 10.1. The Morgan fingerprint density at radius 2 is 1.78 bits per heavy atom. The Kier molecular flexibility index (Phi) is 4.08. The maximum absolute atomic E-state index is 12.2. The molecule has 1 aromatic heterocycles. The molecular weight excluding hydrogens is 310 g/mol. The fourth-order valence-electron chi connectivity index (χ4n) is 2.17. The van der Waals surface area contributed by atoms with Crippen LogP contribution in [0.4, 0.5) is 0 Å². The SMILES string of the molecule is Cc1ccc(S(=O)(=O)N/N=C/c2cccc3cccnc23)cc1. The molecule has 0 spiro atoms. The summed E-state index contributed by atoms with van der Waals surface area (Å²) in [5, 5.41) is 4.83. The summed E-state index contributed by atoms with van der Waals surface area (Å²) >= 11 is 0. The van der Waals surface area contributed by atoms with Gasteiger partial charge >= 0.3 is 0 Å². The Bertz CT molecular complexity index is 959. The largest absolute Gasteiger partial charge is 0.276 e. The number of hydrogen-bond acceptors (Lipinski definition) is 4. The molecule has 5 nitrogen and oxygen atoms in total. The summed E-state index contributed by atoms with van der Waals surface area (Å²) in [5.41, 5.74) is 2.51. The molecule has 0 aliphatic rings. The molecule has 0 saturated heterocycles. The number of para-hydroxylation sites is 1. The Balaban J connectivity index is 1.84. The van der Waals surface area contributed by atoms with E-state index in [0.717, 1.165) is 22.0 Å². The van der Waals surface area contributed by atoms with E-state index in [1.165, 1.54) is 6.21 Å². The average Bonchev–Trinajstić information content (AvgIpc) is 2.55. The van der Waals surface area contributed by atoms with Crippen LogP contribution in [0.2, 0.25) is 0 Å². The van der Waals surface area contributed by atoms with E-state index in [9.17, 15) is 8.42 Å². The highest BCUT2D eigenvalue weighted by molar-refractivity contribution is 7.89. The molecule has 23 heavy (non-hydrogen) atoms. The smallest absolute Gasteiger partial charge is 0.256 e. The number of benzene rings is 2. The molecule has 3 aromatic rings. The summed E-state index contributed by atoms with van der Waals surface area (Å²) in [6.45, 7) is 1.90. The quantitative estimate of drug-likeness (QED) is 0.592. The molecule has 0 saturated carbocycles. The van der Waals surface area contributed by atoms with Crippen LogP contribution in [0.5, 0.6) is 0 Å². The topological polar surface area (TPSA) is 71.4 Å². The molecule has 1 N–H and O–H groups in total. The summed E-state index contributed by atoms with van der Waals surface area (Å²) in [6, 6.07) is 16.0. The lowest BCUT2D eigenvalue weighted by Gasteiger charge is -2.04. The van der Waals surface area contributed by atoms with Crippen LogP contribution in [0, 0.1) is 6.92 Å². The van der Waals surface area contributed by atoms with Crippen molar-refractivity contribution in [2.75, 3.05) is 0 Å². The number of hydrogen-bond donors (Lipinski definition) is 1. The minimum atomic E-state index is -3.67. The Hall–Kier alpha value is -2.73. The van der Waals surface area contributed by atoms with Crippen molar-refractivity contribution in [3.05, 3.63) is 71.9 Å². The van der Waals surface area contributed by atoms with Gasteiger partial charge in [0.15, 0.2) is 0 Å². The van der Waals surface area contributed by atoms with Crippen LogP contribution in [-0.2, 0) is 10.0 Å². The Labute approximate surface area is 134 Å². The van der Waals surface area contributed by atoms with Gasteiger partial charge in [0.2, 0.25) is 0 Å². The lowest BCUT2D eigenvalue weighted by molar-refractivity contribution is 0.584. The molecule has 0 fully saturated rings. The van der Waals surface area contributed by atoms with Gasteiger partial charge in [0, 0.05) is 17.1 Å². The fraction of sp³-hybridized carbons (Fsp3) is 0.0588. The van der Waals surface area contributed by atoms with Crippen molar-refractivity contribution >= 4 is 27.1 Å². The van der Waals surface area contributed by atoms with Gasteiger partial charge in [-0.2, -0.15) is 13.5 Å². The van der Waals surface area contributed by atoms with Gasteiger partial charge in [-0.1, -0.05) is 42.0 Å². The predicted molar refractivity (Wildman–Crippen MR) is 90.8 cm³/mol. The molecule has 0 aliphatic carbocycles. The van der Waals surface area contributed by atoms with Crippen molar-refractivity contribution in [1.82, 2.24) is 9.82 Å². The maximum atomic E-state index is 12.2. The number of hydrazone groups is 1. The molecule has 116 valence electrons. The standard InChI is InChI=1S/C17H15N3O2S/c1-13-7-9-16(10-8-13)23(21,22)20-19-12-15-5-2-4-14-6-3-11-18-17(14)15/h2-12,20H,1H3/b19-12+. The van der Waals surface area contributed by atoms with Crippen molar-refractivity contribution < 1.29 is 8.42 Å². The first kappa shape index (κ1) is 15.2. The number of pyridine rings is 1. The fourth-order valence-corrected chi connectivity index (χ4v) is 2.96. The van der Waals surface area contributed by atoms with Gasteiger partial charge in [-0.3, -0.25) is 4.98 Å². The van der Waals surface area contributed by atoms with Crippen molar-refractivity contribution in [2.24, 2.45) is 5.10 Å². The van der Waals surface area contributed by atoms with E-state index in [-0.39, 0.29) is 4.90 Å². The van der Waals surface area contributed by atoms with Gasteiger partial charge in [-0.05, 0) is 25.1 Å². The van der Waals surface area contributed by atoms with Crippen LogP contribution >= 0.6 is 0 Å². The van der Waals surface area contributed by atoms with Gasteiger partial charge in [0.1, 0.15) is 0 Å². The highest BCUT2D eigenvalue weighted by atomic mass is 32.2. The summed E-state index contributed by atoms with van der Waals surface area (Å²) in [6.07, 6.45) is 3.15. The van der Waals surface area contributed by atoms with E-state index >= 15 is 0 Å². The van der Waals surface area contributed by atoms with Crippen LogP contribution in [0.1, 0.15) is 11.1 Å². The van der Waals surface area contributed by atoms with Gasteiger partial charge in [0.05, 0.1) is 16.6 Å². The van der Waals surface area contributed by atoms with E-state index in [4.69, 9.17) is 0 Å². The predicted octanol–water partition coefficient (Wildman–Crippen LogP) is 2.86. The summed E-state index contributed by atoms with van der Waals surface area (Å²) in [5.74, 6) is 0. The third kappa shape index (κ3) is 3.37. The van der Waals surface area contributed by atoms with Crippen LogP contribution in [-0.4, -0.2) is 19.6 Å². The molecular formula is C17H15N3O2S. The molecule has 6 heteroatoms. The maximum Gasteiger partial charge on any atom is 0.276 e. The first-order valence-corrected chi connectivity index (χ1v) is 8.50. The summed E-state index contributed by atoms with van der Waals surface area (Å²) in [4.78, 5) is 6.69. The van der Waals surface area contributed by atoms with E-state index in [1.807, 2.05) is 37.3 Å². The lowest BCUT2D eigenvalue weighted by Crippen LogP contribution is -2.18. The van der Waals surface area contributed by atoms with E-state index < -0.39 is 10.0 Å². The third-order valence-electron chi connectivity index (χ3n) is 3.37. The zero-order valence-corrected chi connectivity index (χ0v) is 13.3. The second-order valence-corrected chi connectivity index (χ2v) is 6.75. The second-order valence-electron chi connectivity index (χ2n) is 5.09. The Morgan fingerprint density at radius 1 is 1.04 bits per heavy atom. The monoisotopic (exact) mass is 325 g/mol. The molecule has 0 aliphatic heterocycles. The molecule has 0 bridgehead atoms. The molecule has 0 amide bonds. The van der Waals surface area contributed by atoms with Crippen molar-refractivity contribution in [1.29, 1.82) is 0 Å². The molecule has 3 rings (SSSR count). The van der Waals surface area contributed by atoms with Crippen LogP contribution in [0.15, 0.2) is 70.8 Å². The first-order valence-electron chi connectivity index (χ1n) is 7.01. The van der Waals surface area contributed by atoms with Gasteiger partial charge < -0.3 is 0 Å². The minimum absolute atomic E-state index is 0.177. The van der Waals surface area contributed by atoms with E-state index in [1.54, 1.807) is 30.5 Å². The number of sulfonamides is 1. The van der Waals surface area contributed by atoms with Crippen molar-refractivity contribution in [3.8, 4) is 0 Å². The normalized spacial score (nSPS) is 11.9. The molecule has 0 atom stereocenters. The first-order chi connectivity index (χ1) is 11.1. The van der Waals surface area contributed by atoms with Gasteiger partial charge in [-0.15, -0.1) is 0 Å². The third-order valence-corrected chi connectivity index (χ3v) is 4.61. The molecule has 0 radical (unpaired) electrons. The highest BCUT2D eigenvalue weighted by Gasteiger charge is 2.11. The van der Waals surface area contributed by atoms with Crippen LogP contribution in [0.25, 0.3) is 10.9 Å². The Morgan fingerprint density at radius 3 is 2.57 bits per heavy atom. The highest BCUT2D eigenvalue weighted by Crippen LogP contribution is 2.14. The van der Waals surface area contributed by atoms with Crippen molar-refractivity contribution in [3.63, 3.8) is 0 Å². The summed E-state index contributed by atoms with van der Waals surface area (Å²) < 4.78 is 24.3. The molecule has 2 aromatic carbocycles.